The molecule has 0 unspecified atom stereocenters. The smallest absolute Gasteiger partial charge is 0.264 e. The lowest BCUT2D eigenvalue weighted by Gasteiger charge is -2.29. The lowest BCUT2D eigenvalue weighted by Crippen LogP contribution is -2.42. The van der Waals surface area contributed by atoms with Crippen LogP contribution in [-0.2, 0) is 23.2 Å². The summed E-state index contributed by atoms with van der Waals surface area (Å²) in [5.74, 6) is -1.03. The molecule has 0 saturated carbocycles. The monoisotopic (exact) mass is 457 g/mol. The largest absolute Gasteiger partial charge is 0.325 e. The van der Waals surface area contributed by atoms with Crippen LogP contribution < -0.4 is 21.1 Å². The highest BCUT2D eigenvalue weighted by Crippen LogP contribution is 2.30. The Balaban J connectivity index is 1.29. The van der Waals surface area contributed by atoms with Gasteiger partial charge in [-0.3, -0.25) is 33.3 Å². The van der Waals surface area contributed by atoms with E-state index in [1.807, 2.05) is 0 Å². The number of rotatable bonds is 4. The number of aryl methyl sites for hydroxylation is 1. The van der Waals surface area contributed by atoms with Gasteiger partial charge in [0.2, 0.25) is 11.8 Å². The molecule has 3 amide bonds. The van der Waals surface area contributed by atoms with E-state index in [1.165, 1.54) is 26.7 Å². The summed E-state index contributed by atoms with van der Waals surface area (Å²) in [5, 5.41) is 9.78. The Hall–Kier alpha value is -4.80. The number of hydrogen-bond donors (Lipinski definition) is 2. The normalized spacial score (nSPS) is 12.9. The number of anilines is 3. The molecule has 1 aliphatic heterocycles. The summed E-state index contributed by atoms with van der Waals surface area (Å²) in [6.07, 6.45) is 2.72. The molecule has 0 radical (unpaired) electrons. The van der Waals surface area contributed by atoms with Crippen molar-refractivity contribution in [1.82, 2.24) is 19.3 Å². The molecule has 0 aliphatic carbocycles. The summed E-state index contributed by atoms with van der Waals surface area (Å²) in [6, 6.07) is 13.4. The molecule has 11 heteroatoms. The Morgan fingerprint density at radius 3 is 2.65 bits per heavy atom. The number of carbonyl (C=O) groups is 3. The van der Waals surface area contributed by atoms with Crippen LogP contribution in [0.15, 0.2) is 65.8 Å². The molecular weight excluding hydrogens is 438 g/mol. The minimum atomic E-state index is -0.423. The van der Waals surface area contributed by atoms with Gasteiger partial charge in [-0.25, -0.2) is 4.98 Å². The van der Waals surface area contributed by atoms with Crippen molar-refractivity contribution in [3.05, 3.63) is 77.0 Å². The maximum Gasteiger partial charge on any atom is 0.264 e. The highest BCUT2D eigenvalue weighted by molar-refractivity contribution is 6.15. The Morgan fingerprint density at radius 2 is 1.85 bits per heavy atom. The van der Waals surface area contributed by atoms with Gasteiger partial charge in [-0.1, -0.05) is 12.1 Å². The fourth-order valence-corrected chi connectivity index (χ4v) is 3.80. The van der Waals surface area contributed by atoms with Crippen LogP contribution in [0, 0.1) is 0 Å². The van der Waals surface area contributed by atoms with Crippen molar-refractivity contribution in [1.29, 1.82) is 0 Å². The first kappa shape index (κ1) is 21.1. The number of carbonyl (C=O) groups excluding carboxylic acids is 3. The number of fused-ring (bicyclic) bond motifs is 2. The standard InChI is InChI=1S/C23H19N7O4/c1-28-21-16(10-25-28)23(34)29(13-24-21)11-19(31)26-15-8-6-14(7-9-15)22(33)30-12-20(32)27-17-4-2-3-5-18(17)30/h2-10,13H,11-12H2,1H3,(H,26,31)(H,27,32). The van der Waals surface area contributed by atoms with Gasteiger partial charge in [0.25, 0.3) is 11.5 Å². The van der Waals surface area contributed by atoms with E-state index in [2.05, 4.69) is 20.7 Å². The number of nitrogens with one attached hydrogen (secondary N) is 2. The number of para-hydroxylation sites is 2. The summed E-state index contributed by atoms with van der Waals surface area (Å²) in [7, 11) is 1.68. The molecule has 0 saturated heterocycles. The van der Waals surface area contributed by atoms with Crippen molar-refractivity contribution in [2.24, 2.45) is 7.05 Å². The quantitative estimate of drug-likeness (QED) is 0.476. The van der Waals surface area contributed by atoms with Crippen LogP contribution in [0.2, 0.25) is 0 Å². The van der Waals surface area contributed by atoms with Gasteiger partial charge in [0, 0.05) is 18.3 Å². The molecule has 1 aliphatic rings. The van der Waals surface area contributed by atoms with E-state index in [9.17, 15) is 19.2 Å². The van der Waals surface area contributed by atoms with Crippen molar-refractivity contribution in [3.63, 3.8) is 0 Å². The van der Waals surface area contributed by atoms with Gasteiger partial charge in [-0.05, 0) is 36.4 Å². The van der Waals surface area contributed by atoms with E-state index in [-0.39, 0.29) is 30.5 Å². The fourth-order valence-electron chi connectivity index (χ4n) is 3.80. The predicted octanol–water partition coefficient (Wildman–Crippen LogP) is 1.37. The summed E-state index contributed by atoms with van der Waals surface area (Å²) >= 11 is 0. The molecule has 4 aromatic rings. The lowest BCUT2D eigenvalue weighted by atomic mass is 10.1. The van der Waals surface area contributed by atoms with Crippen LogP contribution in [0.25, 0.3) is 11.0 Å². The highest BCUT2D eigenvalue weighted by Gasteiger charge is 2.27. The molecule has 2 N–H and O–H groups in total. The topological polar surface area (TPSA) is 131 Å². The summed E-state index contributed by atoms with van der Waals surface area (Å²) in [4.78, 5) is 55.6. The SMILES string of the molecule is Cn1ncc2c(=O)n(CC(=O)Nc3ccc(C(=O)N4CC(=O)Nc5ccccc54)cc3)cnc21. The first-order valence-corrected chi connectivity index (χ1v) is 10.4. The maximum atomic E-state index is 13.0. The molecule has 2 aromatic heterocycles. The first-order valence-electron chi connectivity index (χ1n) is 10.4. The average molecular weight is 457 g/mol. The van der Waals surface area contributed by atoms with Gasteiger partial charge in [0.05, 0.1) is 17.6 Å². The fraction of sp³-hybridized carbons (Fsp3) is 0.130. The molecule has 34 heavy (non-hydrogen) atoms. The van der Waals surface area contributed by atoms with Crippen LogP contribution in [0.3, 0.4) is 0 Å². The number of hydrogen-bond acceptors (Lipinski definition) is 6. The number of benzene rings is 2. The van der Waals surface area contributed by atoms with Gasteiger partial charge in [-0.15, -0.1) is 0 Å². The van der Waals surface area contributed by atoms with E-state index in [1.54, 1.807) is 55.6 Å². The third-order valence-electron chi connectivity index (χ3n) is 5.46. The maximum absolute atomic E-state index is 13.0. The molecular formula is C23H19N7O4. The molecule has 0 atom stereocenters. The molecule has 0 fully saturated rings. The van der Waals surface area contributed by atoms with Gasteiger partial charge < -0.3 is 10.6 Å². The Bertz CT molecular complexity index is 1500. The van der Waals surface area contributed by atoms with E-state index < -0.39 is 5.91 Å². The molecule has 3 heterocycles. The van der Waals surface area contributed by atoms with E-state index in [0.29, 0.717) is 33.7 Å². The van der Waals surface area contributed by atoms with Gasteiger partial charge in [-0.2, -0.15) is 5.10 Å². The van der Waals surface area contributed by atoms with Crippen LogP contribution in [0.5, 0.6) is 0 Å². The highest BCUT2D eigenvalue weighted by atomic mass is 16.2. The van der Waals surface area contributed by atoms with Crippen molar-refractivity contribution in [2.75, 3.05) is 22.1 Å². The van der Waals surface area contributed by atoms with Crippen LogP contribution in [-0.4, -0.2) is 43.6 Å². The van der Waals surface area contributed by atoms with Gasteiger partial charge in [0.1, 0.15) is 24.8 Å². The summed E-state index contributed by atoms with van der Waals surface area (Å²) in [6.45, 7) is -0.310. The zero-order chi connectivity index (χ0) is 23.8. The third kappa shape index (κ3) is 3.79. The third-order valence-corrected chi connectivity index (χ3v) is 5.46. The lowest BCUT2D eigenvalue weighted by molar-refractivity contribution is -0.117. The number of amides is 3. The summed E-state index contributed by atoms with van der Waals surface area (Å²) < 4.78 is 2.69. The zero-order valence-electron chi connectivity index (χ0n) is 18.1. The van der Waals surface area contributed by atoms with Crippen molar-refractivity contribution >= 4 is 45.8 Å². The number of aromatic nitrogens is 4. The second-order valence-corrected chi connectivity index (χ2v) is 7.77. The predicted molar refractivity (Wildman–Crippen MR) is 125 cm³/mol. The molecule has 11 nitrogen and oxygen atoms in total. The van der Waals surface area contributed by atoms with Gasteiger partial charge in [0.15, 0.2) is 5.65 Å². The zero-order valence-corrected chi connectivity index (χ0v) is 18.1. The van der Waals surface area contributed by atoms with Crippen LogP contribution in [0.1, 0.15) is 10.4 Å². The van der Waals surface area contributed by atoms with Crippen molar-refractivity contribution < 1.29 is 14.4 Å². The second kappa shape index (κ2) is 8.28. The average Bonchev–Trinajstić information content (AvgIpc) is 3.21. The molecule has 2 aromatic carbocycles. The van der Waals surface area contributed by atoms with Crippen LogP contribution >= 0.6 is 0 Å². The van der Waals surface area contributed by atoms with E-state index in [4.69, 9.17) is 0 Å². The van der Waals surface area contributed by atoms with E-state index >= 15 is 0 Å². The minimum Gasteiger partial charge on any atom is -0.325 e. The van der Waals surface area contributed by atoms with Crippen molar-refractivity contribution in [2.45, 2.75) is 6.54 Å². The molecule has 170 valence electrons. The van der Waals surface area contributed by atoms with Crippen molar-refractivity contribution in [3.8, 4) is 0 Å². The van der Waals surface area contributed by atoms with E-state index in [0.717, 1.165) is 0 Å². The Morgan fingerprint density at radius 1 is 1.09 bits per heavy atom. The summed E-state index contributed by atoms with van der Waals surface area (Å²) in [5.41, 5.74) is 2.10. The molecule has 0 bridgehead atoms. The second-order valence-electron chi connectivity index (χ2n) is 7.77. The molecule has 0 spiro atoms. The Labute approximate surface area is 192 Å². The molecule has 5 rings (SSSR count). The van der Waals surface area contributed by atoms with Gasteiger partial charge >= 0.3 is 0 Å². The number of nitrogens with zero attached hydrogens (tertiary/aromatic N) is 5. The Kier molecular flexibility index (Phi) is 5.13. The first-order chi connectivity index (χ1) is 16.4. The van der Waals surface area contributed by atoms with Crippen LogP contribution in [0.4, 0.5) is 17.1 Å². The minimum absolute atomic E-state index is 0.0849.